The third-order valence-corrected chi connectivity index (χ3v) is 6.72. The van der Waals surface area contributed by atoms with Crippen LogP contribution in [0, 0.1) is 17.3 Å². The number of nitrogens with two attached hydrogens (primary N) is 1. The van der Waals surface area contributed by atoms with Crippen LogP contribution in [0.4, 0.5) is 0 Å². The predicted octanol–water partition coefficient (Wildman–Crippen LogP) is 3.21. The molecular weight excluding hydrogens is 274 g/mol. The Balaban J connectivity index is 1.70. The van der Waals surface area contributed by atoms with Crippen molar-refractivity contribution in [2.24, 2.45) is 23.0 Å². The molecule has 0 saturated heterocycles. The molecule has 0 spiro atoms. The summed E-state index contributed by atoms with van der Waals surface area (Å²) in [4.78, 5) is 23.7. The molecule has 0 radical (unpaired) electrons. The molecule has 4 unspecified atom stereocenters. The molecule has 0 bridgehead atoms. The Morgan fingerprint density at radius 3 is 2.82 bits per heavy atom. The molecule has 1 aromatic rings. The van der Waals surface area contributed by atoms with E-state index in [9.17, 15) is 9.59 Å². The zero-order valence-electron chi connectivity index (χ0n) is 13.1. The highest BCUT2D eigenvalue weighted by Gasteiger charge is 2.54. The van der Waals surface area contributed by atoms with Gasteiger partial charge in [0.25, 0.3) is 0 Å². The van der Waals surface area contributed by atoms with Crippen LogP contribution in [-0.2, 0) is 11.2 Å². The van der Waals surface area contributed by atoms with Gasteiger partial charge in [-0.1, -0.05) is 13.0 Å². The monoisotopic (exact) mass is 297 g/mol. The number of hydrogen-bond donors (Lipinski definition) is 1. The molecule has 116 valence electrons. The van der Waals surface area contributed by atoms with Gasteiger partial charge in [-0.05, 0) is 73.1 Å². The van der Waals surface area contributed by atoms with Crippen LogP contribution in [0.3, 0.4) is 0 Å². The summed E-state index contributed by atoms with van der Waals surface area (Å²) in [5, 5.41) is 0. The molecule has 4 rings (SSSR count). The van der Waals surface area contributed by atoms with Gasteiger partial charge in [0.15, 0.2) is 0 Å². The van der Waals surface area contributed by atoms with Gasteiger partial charge < -0.3 is 5.73 Å². The van der Waals surface area contributed by atoms with E-state index in [1.807, 2.05) is 12.1 Å². The summed E-state index contributed by atoms with van der Waals surface area (Å²) in [5.41, 5.74) is 8.66. The number of benzene rings is 1. The van der Waals surface area contributed by atoms with Gasteiger partial charge in [0.1, 0.15) is 5.78 Å². The van der Waals surface area contributed by atoms with Crippen molar-refractivity contribution in [1.82, 2.24) is 0 Å². The first-order chi connectivity index (χ1) is 10.5. The smallest absolute Gasteiger partial charge is 0.248 e. The van der Waals surface area contributed by atoms with Gasteiger partial charge in [0.05, 0.1) is 0 Å². The maximum Gasteiger partial charge on any atom is 0.248 e. The van der Waals surface area contributed by atoms with Crippen molar-refractivity contribution >= 4 is 11.7 Å². The average molecular weight is 297 g/mol. The normalized spacial score (nSPS) is 36.4. The van der Waals surface area contributed by atoms with E-state index in [0.717, 1.165) is 38.5 Å². The third-order valence-electron chi connectivity index (χ3n) is 6.72. The van der Waals surface area contributed by atoms with E-state index in [0.29, 0.717) is 29.1 Å². The van der Waals surface area contributed by atoms with Gasteiger partial charge >= 0.3 is 0 Å². The second kappa shape index (κ2) is 4.68. The maximum absolute atomic E-state index is 12.3. The van der Waals surface area contributed by atoms with Crippen molar-refractivity contribution in [3.63, 3.8) is 0 Å². The van der Waals surface area contributed by atoms with Crippen molar-refractivity contribution in [2.75, 3.05) is 0 Å². The summed E-state index contributed by atoms with van der Waals surface area (Å²) in [6.07, 6.45) is 6.13. The van der Waals surface area contributed by atoms with E-state index < -0.39 is 0 Å². The van der Waals surface area contributed by atoms with E-state index >= 15 is 0 Å². The predicted molar refractivity (Wildman–Crippen MR) is 84.6 cm³/mol. The molecule has 1 aromatic carbocycles. The summed E-state index contributed by atoms with van der Waals surface area (Å²) in [5.74, 6) is 1.91. The molecule has 3 nitrogen and oxygen atoms in total. The third kappa shape index (κ3) is 1.81. The number of carbonyl (C=O) groups is 2. The molecule has 22 heavy (non-hydrogen) atoms. The number of carbonyl (C=O) groups excluding carboxylic acids is 2. The first kappa shape index (κ1) is 14.0. The van der Waals surface area contributed by atoms with E-state index in [4.69, 9.17) is 5.73 Å². The number of aryl methyl sites for hydroxylation is 1. The fourth-order valence-electron chi connectivity index (χ4n) is 5.51. The second-order valence-corrected chi connectivity index (χ2v) is 7.61. The van der Waals surface area contributed by atoms with E-state index in [1.165, 1.54) is 11.1 Å². The van der Waals surface area contributed by atoms with E-state index in [-0.39, 0.29) is 11.3 Å². The lowest BCUT2D eigenvalue weighted by molar-refractivity contribution is -0.129. The first-order valence-electron chi connectivity index (χ1n) is 8.46. The molecule has 0 heterocycles. The Hall–Kier alpha value is -1.64. The highest BCUT2D eigenvalue weighted by atomic mass is 16.1. The highest BCUT2D eigenvalue weighted by molar-refractivity contribution is 5.93. The highest BCUT2D eigenvalue weighted by Crippen LogP contribution is 2.59. The maximum atomic E-state index is 12.3. The lowest BCUT2D eigenvalue weighted by atomic mass is 9.55. The summed E-state index contributed by atoms with van der Waals surface area (Å²) in [6.45, 7) is 2.20. The van der Waals surface area contributed by atoms with Crippen LogP contribution in [-0.4, -0.2) is 11.7 Å². The molecule has 2 saturated carbocycles. The molecule has 4 atom stereocenters. The Labute approximate surface area is 131 Å². The summed E-state index contributed by atoms with van der Waals surface area (Å²) in [6, 6.07) is 5.98. The first-order valence-corrected chi connectivity index (χ1v) is 8.46. The van der Waals surface area contributed by atoms with Gasteiger partial charge in [-0.3, -0.25) is 9.59 Å². The molecule has 3 aliphatic rings. The number of primary amides is 1. The topological polar surface area (TPSA) is 60.2 Å². The quantitative estimate of drug-likeness (QED) is 0.865. The van der Waals surface area contributed by atoms with Crippen LogP contribution in [0.5, 0.6) is 0 Å². The van der Waals surface area contributed by atoms with Gasteiger partial charge in [-0.15, -0.1) is 0 Å². The van der Waals surface area contributed by atoms with Crippen LogP contribution in [0.2, 0.25) is 0 Å². The second-order valence-electron chi connectivity index (χ2n) is 7.61. The summed E-state index contributed by atoms with van der Waals surface area (Å²) in [7, 11) is 0. The van der Waals surface area contributed by atoms with Gasteiger partial charge in [-0.25, -0.2) is 0 Å². The Kier molecular flexibility index (Phi) is 2.97. The van der Waals surface area contributed by atoms with Crippen molar-refractivity contribution in [3.05, 3.63) is 34.9 Å². The molecule has 0 aromatic heterocycles. The van der Waals surface area contributed by atoms with E-state index in [1.54, 1.807) is 0 Å². The van der Waals surface area contributed by atoms with Crippen molar-refractivity contribution in [3.8, 4) is 0 Å². The molecule has 1 amide bonds. The van der Waals surface area contributed by atoms with Gasteiger partial charge in [0, 0.05) is 17.4 Å². The van der Waals surface area contributed by atoms with Crippen LogP contribution < -0.4 is 5.73 Å². The van der Waals surface area contributed by atoms with Crippen molar-refractivity contribution in [1.29, 1.82) is 0 Å². The number of fused-ring (bicyclic) bond motifs is 5. The van der Waals surface area contributed by atoms with Crippen molar-refractivity contribution < 1.29 is 9.59 Å². The number of ketones is 1. The van der Waals surface area contributed by atoms with Gasteiger partial charge in [0.2, 0.25) is 5.91 Å². The standard InChI is InChI=1S/C19H23NO2/c1-19-9-8-14-13-4-3-12(18(20)22)10-11(13)2-5-15(14)16(19)6-7-17(19)21/h3-4,10,14-16H,2,5-9H2,1H3,(H2,20,22). The largest absolute Gasteiger partial charge is 0.366 e. The lowest BCUT2D eigenvalue weighted by Crippen LogP contribution is -2.42. The zero-order valence-corrected chi connectivity index (χ0v) is 13.1. The fourth-order valence-corrected chi connectivity index (χ4v) is 5.51. The molecule has 2 fully saturated rings. The fraction of sp³-hybridized carbons (Fsp3) is 0.579. The molecule has 3 aliphatic carbocycles. The number of hydrogen-bond acceptors (Lipinski definition) is 2. The number of amides is 1. The Bertz CT molecular complexity index is 665. The summed E-state index contributed by atoms with van der Waals surface area (Å²) < 4.78 is 0. The molecule has 3 heteroatoms. The average Bonchev–Trinajstić information content (AvgIpc) is 2.82. The van der Waals surface area contributed by atoms with Crippen LogP contribution >= 0.6 is 0 Å². The van der Waals surface area contributed by atoms with Crippen molar-refractivity contribution in [2.45, 2.75) is 51.4 Å². The SMILES string of the molecule is CC12CCC3c4ccc(C(N)=O)cc4CCC3C1CCC2=O. The minimum atomic E-state index is -0.345. The zero-order chi connectivity index (χ0) is 15.5. The molecule has 2 N–H and O–H groups in total. The van der Waals surface area contributed by atoms with Crippen LogP contribution in [0.25, 0.3) is 0 Å². The number of Topliss-reactive ketones (excluding diaryl/α,β-unsaturated/α-hetero) is 1. The number of rotatable bonds is 1. The van der Waals surface area contributed by atoms with Crippen LogP contribution in [0.1, 0.15) is 66.4 Å². The van der Waals surface area contributed by atoms with Gasteiger partial charge in [-0.2, -0.15) is 0 Å². The van der Waals surface area contributed by atoms with E-state index in [2.05, 4.69) is 13.0 Å². The summed E-state index contributed by atoms with van der Waals surface area (Å²) >= 11 is 0. The minimum Gasteiger partial charge on any atom is -0.366 e. The lowest BCUT2D eigenvalue weighted by Gasteiger charge is -2.48. The molecule has 0 aliphatic heterocycles. The molecular formula is C19H23NO2. The van der Waals surface area contributed by atoms with Crippen LogP contribution in [0.15, 0.2) is 18.2 Å². The Morgan fingerprint density at radius 2 is 2.05 bits per heavy atom. The Morgan fingerprint density at radius 1 is 1.23 bits per heavy atom. The minimum absolute atomic E-state index is 0.0637.